The molecule has 1 aliphatic heterocycles. The van der Waals surface area contributed by atoms with Gasteiger partial charge in [-0.3, -0.25) is 4.98 Å². The van der Waals surface area contributed by atoms with E-state index in [4.69, 9.17) is 20.6 Å². The average Bonchev–Trinajstić information content (AvgIpc) is 3.13. The predicted molar refractivity (Wildman–Crippen MR) is 195 cm³/mol. The van der Waals surface area contributed by atoms with Crippen LogP contribution in [0.2, 0.25) is 0 Å². The van der Waals surface area contributed by atoms with Gasteiger partial charge in [0.25, 0.3) is 0 Å². The number of halogens is 2. The van der Waals surface area contributed by atoms with E-state index in [1.807, 2.05) is 42.2 Å². The fraction of sp³-hybridized carbons (Fsp3) is 0.225. The number of hydrogen-bond donors (Lipinski definition) is 2. The zero-order valence-electron chi connectivity index (χ0n) is 28.9. The van der Waals surface area contributed by atoms with Crippen LogP contribution in [0, 0.1) is 29.9 Å². The van der Waals surface area contributed by atoms with Crippen LogP contribution in [-0.4, -0.2) is 64.7 Å². The Bertz CT molecular complexity index is 2460. The first-order valence-corrected chi connectivity index (χ1v) is 16.8. The highest BCUT2D eigenvalue weighted by Crippen LogP contribution is 2.39. The number of hydrogen-bond acceptors (Lipinski definition) is 10. The van der Waals surface area contributed by atoms with Gasteiger partial charge in [-0.05, 0) is 52.8 Å². The molecular weight excluding hydrogens is 684 g/mol. The maximum atomic E-state index is 16.6. The summed E-state index contributed by atoms with van der Waals surface area (Å²) in [5.74, 6) is 0.314. The highest BCUT2D eigenvalue weighted by atomic mass is 19.1. The number of fused-ring (bicyclic) bond motifs is 3. The number of terminal acetylenes is 1. The molecule has 6 aromatic rings. The summed E-state index contributed by atoms with van der Waals surface area (Å²) < 4.78 is 47.6. The van der Waals surface area contributed by atoms with E-state index in [1.54, 1.807) is 12.1 Å². The number of nitrogens with one attached hydrogen (secondary N) is 1. The molecule has 0 spiro atoms. The van der Waals surface area contributed by atoms with Gasteiger partial charge in [0.05, 0.1) is 29.7 Å². The summed E-state index contributed by atoms with van der Waals surface area (Å²) in [5.41, 5.74) is -0.00984. The Balaban J connectivity index is 1.13. The fourth-order valence-corrected chi connectivity index (χ4v) is 6.92. The van der Waals surface area contributed by atoms with Crippen molar-refractivity contribution in [2.24, 2.45) is 5.92 Å². The molecule has 1 fully saturated rings. The number of aromatic nitrogens is 3. The lowest BCUT2D eigenvalue weighted by molar-refractivity contribution is -0.0607. The SMILES string of the molecule is C#Cc1c(F)ccc2cc(O)cc(-c3ncc4c(N5CC(C)CC(NC(=O)OC(C)OC(=O)c6cccc7ccccc67)C5)nc(OC)nc4c3F)c12. The van der Waals surface area contributed by atoms with Crippen LogP contribution in [0.3, 0.4) is 0 Å². The molecule has 3 unspecified atom stereocenters. The molecule has 0 aliphatic carbocycles. The van der Waals surface area contributed by atoms with Gasteiger partial charge in [-0.1, -0.05) is 55.3 Å². The van der Waals surface area contributed by atoms with E-state index < -0.39 is 36.0 Å². The number of ether oxygens (including phenoxy) is 3. The summed E-state index contributed by atoms with van der Waals surface area (Å²) in [6.07, 6.45) is 5.66. The lowest BCUT2D eigenvalue weighted by atomic mass is 9.95. The highest BCUT2D eigenvalue weighted by Gasteiger charge is 2.31. The summed E-state index contributed by atoms with van der Waals surface area (Å²) in [6.45, 7) is 4.20. The van der Waals surface area contributed by atoms with Crippen molar-refractivity contribution in [2.45, 2.75) is 32.6 Å². The van der Waals surface area contributed by atoms with Gasteiger partial charge in [0.2, 0.25) is 6.29 Å². The van der Waals surface area contributed by atoms with Gasteiger partial charge < -0.3 is 29.5 Å². The van der Waals surface area contributed by atoms with Crippen LogP contribution < -0.4 is 15.0 Å². The molecule has 7 rings (SSSR count). The number of aromatic hydroxyl groups is 1. The van der Waals surface area contributed by atoms with Gasteiger partial charge in [-0.25, -0.2) is 18.4 Å². The Morgan fingerprint density at radius 2 is 1.81 bits per heavy atom. The number of phenolic OH excluding ortho intramolecular Hbond substituents is 1. The second-order valence-electron chi connectivity index (χ2n) is 12.9. The second kappa shape index (κ2) is 14.2. The summed E-state index contributed by atoms with van der Waals surface area (Å²) >= 11 is 0. The number of carbonyl (C=O) groups excluding carboxylic acids is 2. The first-order valence-electron chi connectivity index (χ1n) is 16.8. The third-order valence-electron chi connectivity index (χ3n) is 9.11. The van der Waals surface area contributed by atoms with Gasteiger partial charge >= 0.3 is 18.1 Å². The van der Waals surface area contributed by atoms with Gasteiger partial charge in [-0.15, -0.1) is 6.42 Å². The normalized spacial score (nSPS) is 16.3. The Morgan fingerprint density at radius 1 is 1.02 bits per heavy atom. The van der Waals surface area contributed by atoms with Gasteiger partial charge in [-0.2, -0.15) is 9.97 Å². The Morgan fingerprint density at radius 3 is 2.60 bits per heavy atom. The molecule has 1 aliphatic rings. The first kappa shape index (κ1) is 34.9. The maximum Gasteiger partial charge on any atom is 0.410 e. The van der Waals surface area contributed by atoms with E-state index in [2.05, 4.69) is 26.2 Å². The van der Waals surface area contributed by atoms with E-state index in [-0.39, 0.29) is 57.3 Å². The molecule has 268 valence electrons. The third kappa shape index (κ3) is 6.79. The zero-order chi connectivity index (χ0) is 37.4. The Kier molecular flexibility index (Phi) is 9.36. The number of pyridine rings is 1. The van der Waals surface area contributed by atoms with Crippen molar-refractivity contribution in [3.05, 3.63) is 95.7 Å². The fourth-order valence-electron chi connectivity index (χ4n) is 6.92. The molecule has 53 heavy (non-hydrogen) atoms. The number of rotatable bonds is 7. The number of benzene rings is 4. The van der Waals surface area contributed by atoms with E-state index in [9.17, 15) is 19.1 Å². The van der Waals surface area contributed by atoms with Crippen molar-refractivity contribution >= 4 is 50.3 Å². The summed E-state index contributed by atoms with van der Waals surface area (Å²) in [5, 5.41) is 15.8. The van der Waals surface area contributed by atoms with Crippen LogP contribution in [0.5, 0.6) is 11.8 Å². The Labute approximate surface area is 302 Å². The third-order valence-corrected chi connectivity index (χ3v) is 9.11. The number of carbonyl (C=O) groups is 2. The summed E-state index contributed by atoms with van der Waals surface area (Å²) in [6, 6.07) is 17.4. The maximum absolute atomic E-state index is 16.6. The molecule has 1 amide bonds. The van der Waals surface area contributed by atoms with E-state index in [0.717, 1.165) is 10.8 Å². The van der Waals surface area contributed by atoms with Crippen molar-refractivity contribution in [2.75, 3.05) is 25.1 Å². The van der Waals surface area contributed by atoms with Crippen molar-refractivity contribution < 1.29 is 37.7 Å². The van der Waals surface area contributed by atoms with Gasteiger partial charge in [0.15, 0.2) is 5.82 Å². The van der Waals surface area contributed by atoms with Crippen LogP contribution in [0.1, 0.15) is 36.2 Å². The number of methoxy groups -OCH3 is 1. The Hall–Kier alpha value is -6.55. The smallest absolute Gasteiger partial charge is 0.410 e. The standard InChI is InChI=1S/C40H33F2N5O6/c1-5-27-32(41)14-13-24-16-26(48)17-30(33(24)27)35-34(42)36-31(18-43-35)37(46-39(45-36)51-4)47-19-21(2)15-25(20-47)44-40(50)53-22(3)52-38(49)29-12-8-10-23-9-6-7-11-28(23)29/h1,6-14,16-18,21-22,25,48H,15,19-20H2,2-4H3,(H,44,50). The monoisotopic (exact) mass is 717 g/mol. The molecule has 0 bridgehead atoms. The number of piperidine rings is 1. The van der Waals surface area contributed by atoms with E-state index >= 15 is 4.39 Å². The lowest BCUT2D eigenvalue weighted by Crippen LogP contribution is -2.51. The van der Waals surface area contributed by atoms with Crippen LogP contribution in [-0.2, 0) is 9.47 Å². The van der Waals surface area contributed by atoms with Crippen LogP contribution in [0.25, 0.3) is 43.7 Å². The largest absolute Gasteiger partial charge is 0.508 e. The molecule has 0 saturated carbocycles. The quantitative estimate of drug-likeness (QED) is 0.0999. The minimum atomic E-state index is -1.19. The summed E-state index contributed by atoms with van der Waals surface area (Å²) in [4.78, 5) is 41.1. The topological polar surface area (TPSA) is 136 Å². The van der Waals surface area contributed by atoms with Crippen molar-refractivity contribution in [3.8, 4) is 35.4 Å². The van der Waals surface area contributed by atoms with Gasteiger partial charge in [0, 0.05) is 37.2 Å². The molecule has 11 nitrogen and oxygen atoms in total. The van der Waals surface area contributed by atoms with Crippen molar-refractivity contribution in [1.82, 2.24) is 20.3 Å². The average molecular weight is 718 g/mol. The predicted octanol–water partition coefficient (Wildman–Crippen LogP) is 7.12. The molecule has 4 aromatic carbocycles. The number of phenols is 1. The van der Waals surface area contributed by atoms with E-state index in [0.29, 0.717) is 29.7 Å². The number of alkyl carbamates (subject to hydrolysis) is 1. The molecule has 0 radical (unpaired) electrons. The highest BCUT2D eigenvalue weighted by molar-refractivity contribution is 6.05. The first-order chi connectivity index (χ1) is 25.5. The van der Waals surface area contributed by atoms with Crippen LogP contribution >= 0.6 is 0 Å². The molecular formula is C40H33F2N5O6. The minimum absolute atomic E-state index is 0.0412. The molecule has 3 heterocycles. The second-order valence-corrected chi connectivity index (χ2v) is 12.9. The molecule has 2 aromatic heterocycles. The van der Waals surface area contributed by atoms with E-state index in [1.165, 1.54) is 44.5 Å². The van der Waals surface area contributed by atoms with Crippen molar-refractivity contribution in [1.29, 1.82) is 0 Å². The molecule has 13 heteroatoms. The number of nitrogens with zero attached hydrogens (tertiary/aromatic N) is 4. The molecule has 3 atom stereocenters. The van der Waals surface area contributed by atoms with Crippen LogP contribution in [0.15, 0.2) is 72.9 Å². The number of amides is 1. The van der Waals surface area contributed by atoms with Gasteiger partial charge in [0.1, 0.15) is 28.6 Å². The van der Waals surface area contributed by atoms with Crippen molar-refractivity contribution in [3.63, 3.8) is 0 Å². The number of esters is 1. The summed E-state index contributed by atoms with van der Waals surface area (Å²) in [7, 11) is 1.35. The lowest BCUT2D eigenvalue weighted by Gasteiger charge is -2.37. The van der Waals surface area contributed by atoms with Crippen LogP contribution in [0.4, 0.5) is 19.4 Å². The minimum Gasteiger partial charge on any atom is -0.508 e. The zero-order valence-corrected chi connectivity index (χ0v) is 28.9. The molecule has 1 saturated heterocycles. The molecule has 2 N–H and O–H groups in total. The number of anilines is 1.